The van der Waals surface area contributed by atoms with Crippen molar-refractivity contribution < 1.29 is 4.79 Å². The third-order valence-electron chi connectivity index (χ3n) is 3.21. The molecule has 2 unspecified atom stereocenters. The van der Waals surface area contributed by atoms with Crippen LogP contribution < -0.4 is 10.6 Å². The van der Waals surface area contributed by atoms with Gasteiger partial charge in [0.1, 0.15) is 5.82 Å². The predicted molar refractivity (Wildman–Crippen MR) is 63.4 cm³/mol. The molecule has 2 N–H and O–H groups in total. The topological polar surface area (TPSA) is 71.8 Å². The Morgan fingerprint density at radius 2 is 2.18 bits per heavy atom. The number of aryl methyl sites for hydroxylation is 1. The van der Waals surface area contributed by atoms with Crippen molar-refractivity contribution in [1.29, 1.82) is 0 Å². The molecule has 1 amide bonds. The van der Waals surface area contributed by atoms with E-state index in [1.807, 2.05) is 13.8 Å². The Balaban J connectivity index is 2.05. The minimum absolute atomic E-state index is 0.0182. The molecule has 1 aliphatic rings. The van der Waals surface area contributed by atoms with Crippen molar-refractivity contribution in [2.24, 2.45) is 0 Å². The Labute approximate surface area is 101 Å². The van der Waals surface area contributed by atoms with Crippen molar-refractivity contribution in [3.63, 3.8) is 0 Å². The van der Waals surface area contributed by atoms with E-state index in [0.717, 1.165) is 31.0 Å². The summed E-state index contributed by atoms with van der Waals surface area (Å²) in [6.45, 7) is 4.73. The van der Waals surface area contributed by atoms with Gasteiger partial charge >= 0.3 is 0 Å². The van der Waals surface area contributed by atoms with Crippen LogP contribution in [0.1, 0.15) is 38.0 Å². The van der Waals surface area contributed by atoms with Crippen LogP contribution in [0.4, 0.5) is 0 Å². The first-order valence-electron chi connectivity index (χ1n) is 6.03. The van der Waals surface area contributed by atoms with Crippen molar-refractivity contribution in [1.82, 2.24) is 25.4 Å². The number of rotatable bonds is 4. The van der Waals surface area contributed by atoms with Gasteiger partial charge in [-0.25, -0.2) is 0 Å². The third-order valence-corrected chi connectivity index (χ3v) is 3.21. The van der Waals surface area contributed by atoms with Gasteiger partial charge in [-0.1, -0.05) is 0 Å². The van der Waals surface area contributed by atoms with Crippen LogP contribution in [0, 0.1) is 0 Å². The van der Waals surface area contributed by atoms with Gasteiger partial charge in [-0.2, -0.15) is 0 Å². The summed E-state index contributed by atoms with van der Waals surface area (Å²) in [7, 11) is 1.77. The molecule has 2 heterocycles. The van der Waals surface area contributed by atoms with Gasteiger partial charge < -0.3 is 15.2 Å². The van der Waals surface area contributed by atoms with Crippen molar-refractivity contribution in [2.75, 3.05) is 7.05 Å². The largest absolute Gasteiger partial charge is 0.345 e. The molecule has 0 aromatic carbocycles. The molecule has 0 radical (unpaired) electrons. The van der Waals surface area contributed by atoms with Crippen LogP contribution in [-0.2, 0) is 17.8 Å². The van der Waals surface area contributed by atoms with E-state index in [4.69, 9.17) is 0 Å². The molecule has 6 heteroatoms. The highest BCUT2D eigenvalue weighted by molar-refractivity contribution is 5.81. The first kappa shape index (κ1) is 12.0. The van der Waals surface area contributed by atoms with Gasteiger partial charge in [-0.3, -0.25) is 4.79 Å². The first-order chi connectivity index (χ1) is 8.13. The lowest BCUT2D eigenvalue weighted by Crippen LogP contribution is -2.41. The summed E-state index contributed by atoms with van der Waals surface area (Å²) in [4.78, 5) is 11.7. The number of likely N-dealkylation sites (N-methyl/N-ethyl adjacent to an activating group) is 1. The molecule has 0 saturated carbocycles. The number of carbonyl (C=O) groups is 1. The SMILES string of the molecule is CNC(C)C(=O)NC(C)c1nnc2n1CCC2. The minimum atomic E-state index is -0.196. The van der Waals surface area contributed by atoms with Crippen molar-refractivity contribution in [2.45, 2.75) is 45.3 Å². The summed E-state index contributed by atoms with van der Waals surface area (Å²) in [5.41, 5.74) is 0. The standard InChI is InChI=1S/C11H19N5O/c1-7(13-11(17)8(2)12-3)10-15-14-9-5-4-6-16(9)10/h7-8,12H,4-6H2,1-3H3,(H,13,17). The molecule has 0 aliphatic carbocycles. The van der Waals surface area contributed by atoms with Crippen LogP contribution in [0.25, 0.3) is 0 Å². The van der Waals surface area contributed by atoms with E-state index >= 15 is 0 Å². The smallest absolute Gasteiger partial charge is 0.237 e. The Morgan fingerprint density at radius 3 is 2.88 bits per heavy atom. The fourth-order valence-corrected chi connectivity index (χ4v) is 2.03. The zero-order chi connectivity index (χ0) is 12.4. The van der Waals surface area contributed by atoms with Crippen molar-refractivity contribution in [3.05, 3.63) is 11.6 Å². The molecule has 1 aliphatic heterocycles. The highest BCUT2D eigenvalue weighted by Gasteiger charge is 2.23. The lowest BCUT2D eigenvalue weighted by atomic mass is 10.2. The number of nitrogens with one attached hydrogen (secondary N) is 2. The van der Waals surface area contributed by atoms with Crippen LogP contribution >= 0.6 is 0 Å². The monoisotopic (exact) mass is 237 g/mol. The molecule has 0 fully saturated rings. The molecule has 0 bridgehead atoms. The molecular weight excluding hydrogens is 218 g/mol. The Kier molecular flexibility index (Phi) is 3.42. The Hall–Kier alpha value is -1.43. The van der Waals surface area contributed by atoms with E-state index in [1.165, 1.54) is 0 Å². The zero-order valence-electron chi connectivity index (χ0n) is 10.5. The Morgan fingerprint density at radius 1 is 1.41 bits per heavy atom. The molecule has 6 nitrogen and oxygen atoms in total. The van der Waals surface area contributed by atoms with E-state index in [1.54, 1.807) is 7.05 Å². The average molecular weight is 237 g/mol. The fourth-order valence-electron chi connectivity index (χ4n) is 2.03. The van der Waals surface area contributed by atoms with Crippen LogP contribution in [0.5, 0.6) is 0 Å². The highest BCUT2D eigenvalue weighted by Crippen LogP contribution is 2.18. The highest BCUT2D eigenvalue weighted by atomic mass is 16.2. The minimum Gasteiger partial charge on any atom is -0.345 e. The second-order valence-corrected chi connectivity index (χ2v) is 4.47. The summed E-state index contributed by atoms with van der Waals surface area (Å²) in [6.07, 6.45) is 2.10. The van der Waals surface area contributed by atoms with E-state index in [-0.39, 0.29) is 18.0 Å². The van der Waals surface area contributed by atoms with Gasteiger partial charge in [0, 0.05) is 13.0 Å². The Bertz CT molecular complexity index is 414. The van der Waals surface area contributed by atoms with Gasteiger partial charge in [0.05, 0.1) is 12.1 Å². The molecule has 17 heavy (non-hydrogen) atoms. The first-order valence-corrected chi connectivity index (χ1v) is 6.03. The fraction of sp³-hybridized carbons (Fsp3) is 0.727. The number of aromatic nitrogens is 3. The summed E-state index contributed by atoms with van der Waals surface area (Å²) >= 11 is 0. The van der Waals surface area contributed by atoms with Gasteiger partial charge in [-0.05, 0) is 27.3 Å². The maximum atomic E-state index is 11.7. The molecule has 0 saturated heterocycles. The maximum absolute atomic E-state index is 11.7. The van der Waals surface area contributed by atoms with Crippen molar-refractivity contribution >= 4 is 5.91 Å². The van der Waals surface area contributed by atoms with Crippen LogP contribution in [0.15, 0.2) is 0 Å². The van der Waals surface area contributed by atoms with Crippen LogP contribution in [0.3, 0.4) is 0 Å². The number of amides is 1. The van der Waals surface area contributed by atoms with E-state index in [2.05, 4.69) is 25.4 Å². The van der Waals surface area contributed by atoms with Gasteiger partial charge in [0.25, 0.3) is 0 Å². The average Bonchev–Trinajstić information content (AvgIpc) is 2.88. The van der Waals surface area contributed by atoms with E-state index < -0.39 is 0 Å². The normalized spacial score (nSPS) is 17.6. The van der Waals surface area contributed by atoms with Gasteiger partial charge in [-0.15, -0.1) is 10.2 Å². The van der Waals surface area contributed by atoms with Gasteiger partial charge in [0.15, 0.2) is 5.82 Å². The number of nitrogens with zero attached hydrogens (tertiary/aromatic N) is 3. The zero-order valence-corrected chi connectivity index (χ0v) is 10.5. The lowest BCUT2D eigenvalue weighted by molar-refractivity contribution is -0.123. The summed E-state index contributed by atoms with van der Waals surface area (Å²) in [5, 5.41) is 14.1. The third kappa shape index (κ3) is 2.31. The molecule has 1 aromatic heterocycles. The number of fused-ring (bicyclic) bond motifs is 1. The summed E-state index contributed by atoms with van der Waals surface area (Å²) in [5.74, 6) is 1.87. The molecule has 1 aromatic rings. The quantitative estimate of drug-likeness (QED) is 0.774. The lowest BCUT2D eigenvalue weighted by Gasteiger charge is -2.16. The second-order valence-electron chi connectivity index (χ2n) is 4.47. The van der Waals surface area contributed by atoms with E-state index in [9.17, 15) is 4.79 Å². The predicted octanol–water partition coefficient (Wildman–Crippen LogP) is 0.00940. The molecule has 2 rings (SSSR count). The maximum Gasteiger partial charge on any atom is 0.237 e. The second kappa shape index (κ2) is 4.83. The van der Waals surface area contributed by atoms with E-state index in [0.29, 0.717) is 0 Å². The molecular formula is C11H19N5O. The van der Waals surface area contributed by atoms with Gasteiger partial charge in [0.2, 0.25) is 5.91 Å². The molecule has 2 atom stereocenters. The number of hydrogen-bond donors (Lipinski definition) is 2. The van der Waals surface area contributed by atoms with Crippen LogP contribution in [0.2, 0.25) is 0 Å². The summed E-state index contributed by atoms with van der Waals surface area (Å²) in [6, 6.07) is -0.295. The number of carbonyl (C=O) groups excluding carboxylic acids is 1. The van der Waals surface area contributed by atoms with Crippen molar-refractivity contribution in [3.8, 4) is 0 Å². The molecule has 94 valence electrons. The summed E-state index contributed by atoms with van der Waals surface area (Å²) < 4.78 is 2.11. The molecule has 0 spiro atoms. The van der Waals surface area contributed by atoms with Crippen LogP contribution in [-0.4, -0.2) is 33.8 Å². The number of hydrogen-bond acceptors (Lipinski definition) is 4.